The number of aryl methyl sites for hydroxylation is 3. The molecule has 4 heteroatoms. The summed E-state index contributed by atoms with van der Waals surface area (Å²) in [4.78, 5) is 4.38. The molecule has 2 N–H and O–H groups in total. The van der Waals surface area contributed by atoms with Crippen molar-refractivity contribution >= 4 is 0 Å². The van der Waals surface area contributed by atoms with Gasteiger partial charge in [-0.15, -0.1) is 0 Å². The molecule has 2 heterocycles. The van der Waals surface area contributed by atoms with Gasteiger partial charge in [-0.3, -0.25) is 0 Å². The summed E-state index contributed by atoms with van der Waals surface area (Å²) in [6.07, 6.45) is 1.79. The van der Waals surface area contributed by atoms with E-state index in [1.54, 1.807) is 6.20 Å². The fourth-order valence-corrected chi connectivity index (χ4v) is 1.85. The summed E-state index contributed by atoms with van der Waals surface area (Å²) in [6, 6.07) is 4.00. The Bertz CT molecular complexity index is 514. The molecule has 0 saturated carbocycles. The Morgan fingerprint density at radius 1 is 1.31 bits per heavy atom. The molecule has 0 fully saturated rings. The SMILES string of the molecule is Cc1cc(C)n(-c2nccc(C)c2CN)n1. The van der Waals surface area contributed by atoms with Gasteiger partial charge in [0.15, 0.2) is 5.82 Å². The van der Waals surface area contributed by atoms with Crippen LogP contribution in [0.2, 0.25) is 0 Å². The molecule has 2 rings (SSSR count). The largest absolute Gasteiger partial charge is 0.326 e. The van der Waals surface area contributed by atoms with Crippen molar-refractivity contribution in [1.29, 1.82) is 0 Å². The highest BCUT2D eigenvalue weighted by Gasteiger charge is 2.10. The summed E-state index contributed by atoms with van der Waals surface area (Å²) in [7, 11) is 0. The molecule has 0 amide bonds. The van der Waals surface area contributed by atoms with Crippen LogP contribution in [0.25, 0.3) is 5.82 Å². The van der Waals surface area contributed by atoms with Gasteiger partial charge < -0.3 is 5.73 Å². The van der Waals surface area contributed by atoms with Gasteiger partial charge in [-0.2, -0.15) is 5.10 Å². The Morgan fingerprint density at radius 2 is 2.06 bits per heavy atom. The van der Waals surface area contributed by atoms with E-state index < -0.39 is 0 Å². The highest BCUT2D eigenvalue weighted by atomic mass is 15.3. The molecule has 0 bridgehead atoms. The second-order valence-corrected chi connectivity index (χ2v) is 3.97. The fourth-order valence-electron chi connectivity index (χ4n) is 1.85. The number of pyridine rings is 1. The molecule has 2 aromatic heterocycles. The molecular weight excluding hydrogens is 200 g/mol. The van der Waals surface area contributed by atoms with E-state index in [0.717, 1.165) is 28.3 Å². The molecule has 0 aliphatic heterocycles. The molecule has 0 unspecified atom stereocenters. The molecule has 0 atom stereocenters. The Hall–Kier alpha value is -1.68. The highest BCUT2D eigenvalue weighted by molar-refractivity contribution is 5.40. The van der Waals surface area contributed by atoms with Crippen LogP contribution in [0.3, 0.4) is 0 Å². The lowest BCUT2D eigenvalue weighted by Crippen LogP contribution is -2.10. The summed E-state index contributed by atoms with van der Waals surface area (Å²) in [5, 5.41) is 4.43. The summed E-state index contributed by atoms with van der Waals surface area (Å²) >= 11 is 0. The van der Waals surface area contributed by atoms with Gasteiger partial charge in [0.2, 0.25) is 0 Å². The topological polar surface area (TPSA) is 56.7 Å². The lowest BCUT2D eigenvalue weighted by atomic mass is 10.1. The standard InChI is InChI=1S/C12H16N4/c1-8-4-5-14-12(11(8)7-13)16-10(3)6-9(2)15-16/h4-6H,7,13H2,1-3H3. The van der Waals surface area contributed by atoms with Crippen molar-refractivity contribution in [3.8, 4) is 5.82 Å². The maximum atomic E-state index is 5.76. The van der Waals surface area contributed by atoms with E-state index >= 15 is 0 Å². The zero-order chi connectivity index (χ0) is 11.7. The maximum absolute atomic E-state index is 5.76. The minimum Gasteiger partial charge on any atom is -0.326 e. The average Bonchev–Trinajstić information content (AvgIpc) is 2.57. The number of nitrogens with two attached hydrogens (primary N) is 1. The lowest BCUT2D eigenvalue weighted by molar-refractivity contribution is 0.785. The van der Waals surface area contributed by atoms with Gasteiger partial charge in [0.05, 0.1) is 5.69 Å². The van der Waals surface area contributed by atoms with Crippen LogP contribution >= 0.6 is 0 Å². The van der Waals surface area contributed by atoms with Gasteiger partial charge >= 0.3 is 0 Å². The minimum absolute atomic E-state index is 0.480. The van der Waals surface area contributed by atoms with Gasteiger partial charge in [-0.05, 0) is 38.5 Å². The summed E-state index contributed by atoms with van der Waals surface area (Å²) in [5.74, 6) is 0.841. The van der Waals surface area contributed by atoms with Crippen LogP contribution in [0.4, 0.5) is 0 Å². The quantitative estimate of drug-likeness (QED) is 0.830. The third kappa shape index (κ3) is 1.72. The number of aromatic nitrogens is 3. The van der Waals surface area contributed by atoms with Crippen LogP contribution in [-0.2, 0) is 6.54 Å². The van der Waals surface area contributed by atoms with Crippen LogP contribution in [0, 0.1) is 20.8 Å². The second-order valence-electron chi connectivity index (χ2n) is 3.97. The van der Waals surface area contributed by atoms with Crippen LogP contribution in [0.15, 0.2) is 18.3 Å². The normalized spacial score (nSPS) is 10.8. The Morgan fingerprint density at radius 3 is 2.62 bits per heavy atom. The smallest absolute Gasteiger partial charge is 0.158 e. The molecule has 2 aromatic rings. The predicted octanol–water partition coefficient (Wildman–Crippen LogP) is 1.65. The van der Waals surface area contributed by atoms with Crippen LogP contribution < -0.4 is 5.73 Å². The molecule has 0 aliphatic carbocycles. The zero-order valence-electron chi connectivity index (χ0n) is 9.86. The van der Waals surface area contributed by atoms with Crippen molar-refractivity contribution in [2.75, 3.05) is 0 Å². The molecule has 0 aromatic carbocycles. The Balaban J connectivity index is 2.64. The number of hydrogen-bond donors (Lipinski definition) is 1. The third-order valence-electron chi connectivity index (χ3n) is 2.68. The van der Waals surface area contributed by atoms with Crippen molar-refractivity contribution in [3.63, 3.8) is 0 Å². The first-order valence-electron chi connectivity index (χ1n) is 5.31. The minimum atomic E-state index is 0.480. The van der Waals surface area contributed by atoms with E-state index in [9.17, 15) is 0 Å². The lowest BCUT2D eigenvalue weighted by Gasteiger charge is -2.10. The van der Waals surface area contributed by atoms with Crippen LogP contribution in [-0.4, -0.2) is 14.8 Å². The van der Waals surface area contributed by atoms with Gasteiger partial charge in [-0.25, -0.2) is 9.67 Å². The first kappa shape index (κ1) is 10.8. The van der Waals surface area contributed by atoms with E-state index in [0.29, 0.717) is 6.54 Å². The number of nitrogens with zero attached hydrogens (tertiary/aromatic N) is 3. The maximum Gasteiger partial charge on any atom is 0.158 e. The van der Waals surface area contributed by atoms with Crippen molar-refractivity contribution in [1.82, 2.24) is 14.8 Å². The van der Waals surface area contributed by atoms with Gasteiger partial charge in [-0.1, -0.05) is 0 Å². The zero-order valence-corrected chi connectivity index (χ0v) is 9.86. The number of hydrogen-bond acceptors (Lipinski definition) is 3. The first-order chi connectivity index (χ1) is 7.63. The molecule has 4 nitrogen and oxygen atoms in total. The van der Waals surface area contributed by atoms with E-state index in [4.69, 9.17) is 5.73 Å². The second kappa shape index (κ2) is 4.06. The Labute approximate surface area is 95.1 Å². The van der Waals surface area contributed by atoms with Crippen molar-refractivity contribution < 1.29 is 0 Å². The summed E-state index contributed by atoms with van der Waals surface area (Å²) in [6.45, 7) is 6.51. The monoisotopic (exact) mass is 216 g/mol. The van der Waals surface area contributed by atoms with Crippen molar-refractivity contribution in [2.45, 2.75) is 27.3 Å². The van der Waals surface area contributed by atoms with E-state index in [1.807, 2.05) is 37.6 Å². The highest BCUT2D eigenvalue weighted by Crippen LogP contribution is 2.17. The summed E-state index contributed by atoms with van der Waals surface area (Å²) < 4.78 is 1.85. The molecule has 16 heavy (non-hydrogen) atoms. The van der Waals surface area contributed by atoms with Crippen LogP contribution in [0.1, 0.15) is 22.5 Å². The molecule has 0 aliphatic rings. The average molecular weight is 216 g/mol. The first-order valence-corrected chi connectivity index (χ1v) is 5.31. The van der Waals surface area contributed by atoms with Gasteiger partial charge in [0, 0.05) is 24.0 Å². The Kier molecular flexibility index (Phi) is 2.75. The van der Waals surface area contributed by atoms with Gasteiger partial charge in [0.25, 0.3) is 0 Å². The van der Waals surface area contributed by atoms with Crippen molar-refractivity contribution in [2.24, 2.45) is 5.73 Å². The number of rotatable bonds is 2. The molecular formula is C12H16N4. The van der Waals surface area contributed by atoms with Crippen molar-refractivity contribution in [3.05, 3.63) is 40.8 Å². The van der Waals surface area contributed by atoms with Crippen LogP contribution in [0.5, 0.6) is 0 Å². The summed E-state index contributed by atoms with van der Waals surface area (Å²) in [5.41, 5.74) is 10.0. The van der Waals surface area contributed by atoms with Gasteiger partial charge in [0.1, 0.15) is 0 Å². The molecule has 0 spiro atoms. The van der Waals surface area contributed by atoms with E-state index in [2.05, 4.69) is 10.1 Å². The fraction of sp³-hybridized carbons (Fsp3) is 0.333. The molecule has 0 radical (unpaired) electrons. The van der Waals surface area contributed by atoms with E-state index in [1.165, 1.54) is 0 Å². The van der Waals surface area contributed by atoms with E-state index in [-0.39, 0.29) is 0 Å². The predicted molar refractivity (Wildman–Crippen MR) is 63.5 cm³/mol. The molecule has 84 valence electrons. The third-order valence-corrected chi connectivity index (χ3v) is 2.68. The molecule has 0 saturated heterocycles.